The van der Waals surface area contributed by atoms with Gasteiger partial charge in [0.15, 0.2) is 0 Å². The summed E-state index contributed by atoms with van der Waals surface area (Å²) in [5.74, 6) is -1.33. The normalized spacial score (nSPS) is 14.2. The van der Waals surface area contributed by atoms with E-state index in [0.717, 1.165) is 22.3 Å². The first-order valence-electron chi connectivity index (χ1n) is 10.9. The Morgan fingerprint density at radius 2 is 1.47 bits per heavy atom. The number of carbonyl (C=O) groups excluding carboxylic acids is 2. The third kappa shape index (κ3) is 5.66. The van der Waals surface area contributed by atoms with Crippen molar-refractivity contribution >= 4 is 18.0 Å². The van der Waals surface area contributed by atoms with Crippen LogP contribution in [-0.4, -0.2) is 41.8 Å². The Morgan fingerprint density at radius 3 is 2.00 bits per heavy atom. The van der Waals surface area contributed by atoms with Crippen molar-refractivity contribution in [2.45, 2.75) is 51.6 Å². The van der Waals surface area contributed by atoms with E-state index >= 15 is 0 Å². The van der Waals surface area contributed by atoms with Crippen molar-refractivity contribution in [3.05, 3.63) is 59.7 Å². The van der Waals surface area contributed by atoms with Crippen LogP contribution in [0.3, 0.4) is 0 Å². The third-order valence-electron chi connectivity index (χ3n) is 5.75. The average molecular weight is 439 g/mol. The smallest absolute Gasteiger partial charge is 0.407 e. The molecule has 1 aliphatic rings. The van der Waals surface area contributed by atoms with Crippen molar-refractivity contribution in [3.63, 3.8) is 0 Å². The van der Waals surface area contributed by atoms with E-state index in [2.05, 4.69) is 34.9 Å². The highest BCUT2D eigenvalue weighted by Gasteiger charge is 2.29. The number of hydrogen-bond acceptors (Lipinski definition) is 4. The van der Waals surface area contributed by atoms with Gasteiger partial charge in [-0.05, 0) is 35.1 Å². The van der Waals surface area contributed by atoms with Crippen molar-refractivity contribution in [2.75, 3.05) is 6.61 Å². The maximum Gasteiger partial charge on any atom is 0.407 e. The van der Waals surface area contributed by atoms with E-state index in [-0.39, 0.29) is 37.2 Å². The molecule has 2 amide bonds. The van der Waals surface area contributed by atoms with Crippen molar-refractivity contribution in [1.82, 2.24) is 10.6 Å². The van der Waals surface area contributed by atoms with Gasteiger partial charge in [-0.15, -0.1) is 0 Å². The predicted octanol–water partition coefficient (Wildman–Crippen LogP) is 3.92. The standard InChI is InChI=1S/C25H30N2O5/c1-15(2)22(13-23(28)26-16(3)12-24(29)30)27-25(31)32-14-21-19-10-6-4-8-17(19)18-9-5-7-11-20(18)21/h4-11,15-16,21-22H,12-14H2,1-3H3,(H,26,28)(H,27,31)(H,29,30). The van der Waals surface area contributed by atoms with Crippen LogP contribution in [-0.2, 0) is 14.3 Å². The molecule has 2 aromatic carbocycles. The first-order valence-corrected chi connectivity index (χ1v) is 10.9. The van der Waals surface area contributed by atoms with Crippen molar-refractivity contribution in [2.24, 2.45) is 5.92 Å². The van der Waals surface area contributed by atoms with Gasteiger partial charge in [0.05, 0.1) is 6.42 Å². The molecule has 0 aromatic heterocycles. The zero-order valence-corrected chi connectivity index (χ0v) is 18.6. The molecule has 0 saturated carbocycles. The van der Waals surface area contributed by atoms with Crippen LogP contribution in [0.2, 0.25) is 0 Å². The Hall–Kier alpha value is -3.35. The summed E-state index contributed by atoms with van der Waals surface area (Å²) in [6, 6.07) is 15.3. The summed E-state index contributed by atoms with van der Waals surface area (Å²) in [5, 5.41) is 14.3. The molecule has 2 unspecified atom stereocenters. The van der Waals surface area contributed by atoms with Gasteiger partial charge in [0.2, 0.25) is 5.91 Å². The number of benzene rings is 2. The van der Waals surface area contributed by atoms with E-state index < -0.39 is 24.1 Å². The van der Waals surface area contributed by atoms with E-state index in [1.165, 1.54) is 0 Å². The maximum absolute atomic E-state index is 12.5. The van der Waals surface area contributed by atoms with Crippen molar-refractivity contribution < 1.29 is 24.2 Å². The largest absolute Gasteiger partial charge is 0.481 e. The Labute approximate surface area is 188 Å². The van der Waals surface area contributed by atoms with E-state index in [9.17, 15) is 14.4 Å². The molecule has 0 heterocycles. The van der Waals surface area contributed by atoms with E-state index in [0.29, 0.717) is 0 Å². The highest BCUT2D eigenvalue weighted by atomic mass is 16.5. The molecule has 32 heavy (non-hydrogen) atoms. The van der Waals surface area contributed by atoms with Gasteiger partial charge >= 0.3 is 12.1 Å². The number of fused-ring (bicyclic) bond motifs is 3. The van der Waals surface area contributed by atoms with Crippen molar-refractivity contribution in [3.8, 4) is 11.1 Å². The molecule has 2 atom stereocenters. The monoisotopic (exact) mass is 438 g/mol. The first kappa shape index (κ1) is 23.3. The number of rotatable bonds is 9. The Balaban J connectivity index is 1.58. The molecule has 3 rings (SSSR count). The molecule has 0 radical (unpaired) electrons. The summed E-state index contributed by atoms with van der Waals surface area (Å²) in [4.78, 5) is 35.6. The topological polar surface area (TPSA) is 105 Å². The van der Waals surface area contributed by atoms with Crippen LogP contribution in [0.1, 0.15) is 50.7 Å². The maximum atomic E-state index is 12.5. The fourth-order valence-electron chi connectivity index (χ4n) is 4.09. The fraction of sp³-hybridized carbons (Fsp3) is 0.400. The quantitative estimate of drug-likeness (QED) is 0.550. The Bertz CT molecular complexity index is 942. The Kier molecular flexibility index (Phi) is 7.51. The van der Waals surface area contributed by atoms with Crippen molar-refractivity contribution in [1.29, 1.82) is 0 Å². The molecule has 7 nitrogen and oxygen atoms in total. The molecule has 7 heteroatoms. The number of aliphatic carboxylic acids is 1. The zero-order chi connectivity index (χ0) is 23.3. The molecule has 3 N–H and O–H groups in total. The zero-order valence-electron chi connectivity index (χ0n) is 18.6. The molecule has 170 valence electrons. The van der Waals surface area contributed by atoms with Gasteiger partial charge in [0.25, 0.3) is 0 Å². The van der Waals surface area contributed by atoms with Crippen LogP contribution in [0.4, 0.5) is 4.79 Å². The SMILES string of the molecule is CC(CC(=O)O)NC(=O)CC(NC(=O)OCC1c2ccccc2-c2ccccc21)C(C)C. The highest BCUT2D eigenvalue weighted by molar-refractivity contribution is 5.80. The second-order valence-electron chi connectivity index (χ2n) is 8.59. The summed E-state index contributed by atoms with van der Waals surface area (Å²) >= 11 is 0. The number of ether oxygens (including phenoxy) is 1. The van der Waals surface area contributed by atoms with Gasteiger partial charge in [-0.1, -0.05) is 62.4 Å². The summed E-state index contributed by atoms with van der Waals surface area (Å²) in [6.07, 6.45) is -0.680. The van der Waals surface area contributed by atoms with E-state index in [1.54, 1.807) is 6.92 Å². The lowest BCUT2D eigenvalue weighted by atomic mass is 9.98. The minimum absolute atomic E-state index is 0.00369. The molecule has 0 saturated heterocycles. The Morgan fingerprint density at radius 1 is 0.906 bits per heavy atom. The molecular weight excluding hydrogens is 408 g/mol. The number of amides is 2. The summed E-state index contributed by atoms with van der Waals surface area (Å²) in [6.45, 7) is 5.65. The van der Waals surface area contributed by atoms with Crippen LogP contribution in [0.25, 0.3) is 11.1 Å². The summed E-state index contributed by atoms with van der Waals surface area (Å²) in [5.41, 5.74) is 4.58. The van der Waals surface area contributed by atoms with Crippen LogP contribution < -0.4 is 10.6 Å². The molecule has 1 aliphatic carbocycles. The van der Waals surface area contributed by atoms with Gasteiger partial charge in [-0.3, -0.25) is 9.59 Å². The molecule has 0 fully saturated rings. The summed E-state index contributed by atoms with van der Waals surface area (Å²) in [7, 11) is 0. The molecule has 0 aliphatic heterocycles. The predicted molar refractivity (Wildman–Crippen MR) is 121 cm³/mol. The van der Waals surface area contributed by atoms with E-state index in [4.69, 9.17) is 9.84 Å². The van der Waals surface area contributed by atoms with Crippen LogP contribution in [0.5, 0.6) is 0 Å². The van der Waals surface area contributed by atoms with Gasteiger partial charge in [0.1, 0.15) is 6.61 Å². The van der Waals surface area contributed by atoms with Crippen LogP contribution in [0, 0.1) is 5.92 Å². The average Bonchev–Trinajstić information content (AvgIpc) is 3.05. The fourth-order valence-corrected chi connectivity index (χ4v) is 4.09. The van der Waals surface area contributed by atoms with E-state index in [1.807, 2.05) is 38.1 Å². The number of carbonyl (C=O) groups is 3. The number of nitrogens with one attached hydrogen (secondary N) is 2. The number of hydrogen-bond donors (Lipinski definition) is 3. The number of carboxylic acids is 1. The molecular formula is C25H30N2O5. The van der Waals surface area contributed by atoms with Gasteiger partial charge in [0, 0.05) is 24.4 Å². The lowest BCUT2D eigenvalue weighted by Crippen LogP contribution is -2.44. The summed E-state index contributed by atoms with van der Waals surface area (Å²) < 4.78 is 5.58. The number of carboxylic acid groups (broad SMARTS) is 1. The third-order valence-corrected chi connectivity index (χ3v) is 5.75. The molecule has 2 aromatic rings. The minimum Gasteiger partial charge on any atom is -0.481 e. The van der Waals surface area contributed by atoms with Gasteiger partial charge in [-0.2, -0.15) is 0 Å². The number of alkyl carbamates (subject to hydrolysis) is 1. The van der Waals surface area contributed by atoms with Crippen LogP contribution >= 0.6 is 0 Å². The molecule has 0 bridgehead atoms. The highest BCUT2D eigenvalue weighted by Crippen LogP contribution is 2.44. The van der Waals surface area contributed by atoms with Gasteiger partial charge in [-0.25, -0.2) is 4.79 Å². The lowest BCUT2D eigenvalue weighted by molar-refractivity contribution is -0.137. The first-order chi connectivity index (χ1) is 15.3. The van der Waals surface area contributed by atoms with Gasteiger partial charge < -0.3 is 20.5 Å². The van der Waals surface area contributed by atoms with Crippen LogP contribution in [0.15, 0.2) is 48.5 Å². The minimum atomic E-state index is -0.977. The second kappa shape index (κ2) is 10.3. The second-order valence-corrected chi connectivity index (χ2v) is 8.59. The molecule has 0 spiro atoms. The lowest BCUT2D eigenvalue weighted by Gasteiger charge is -2.23.